The molecule has 0 atom stereocenters. The highest BCUT2D eigenvalue weighted by Gasteiger charge is 2.07. The second-order valence-electron chi connectivity index (χ2n) is 4.31. The van der Waals surface area contributed by atoms with Crippen molar-refractivity contribution in [3.05, 3.63) is 63.2 Å². The van der Waals surface area contributed by atoms with Crippen molar-refractivity contribution in [2.24, 2.45) is 0 Å². The van der Waals surface area contributed by atoms with E-state index in [-0.39, 0.29) is 11.5 Å². The van der Waals surface area contributed by atoms with E-state index in [1.54, 1.807) is 18.2 Å². The maximum atomic E-state index is 12.0. The summed E-state index contributed by atoms with van der Waals surface area (Å²) in [6.07, 6.45) is 0. The van der Waals surface area contributed by atoms with Gasteiger partial charge >= 0.3 is 0 Å². The SMILES string of the molecule is O=c1cccc2[nH]c(-c3ccc(O)c(O)c3)cc(=O)n12. The summed E-state index contributed by atoms with van der Waals surface area (Å²) in [6, 6.07) is 9.92. The zero-order valence-corrected chi connectivity index (χ0v) is 10.2. The number of phenolic OH excluding ortho intramolecular Hbond substituents is 2. The molecule has 0 fully saturated rings. The van der Waals surface area contributed by atoms with E-state index in [1.807, 2.05) is 0 Å². The minimum Gasteiger partial charge on any atom is -0.504 e. The monoisotopic (exact) mass is 270 g/mol. The Labute approximate surface area is 112 Å². The predicted octanol–water partition coefficient (Wildman–Crippen LogP) is 1.07. The molecule has 0 unspecified atom stereocenters. The smallest absolute Gasteiger partial charge is 0.261 e. The van der Waals surface area contributed by atoms with Gasteiger partial charge in [0.05, 0.1) is 5.69 Å². The van der Waals surface area contributed by atoms with Crippen LogP contribution in [0.25, 0.3) is 16.9 Å². The third-order valence-corrected chi connectivity index (χ3v) is 2.99. The molecule has 6 nitrogen and oxygen atoms in total. The first-order valence-corrected chi connectivity index (χ1v) is 5.84. The van der Waals surface area contributed by atoms with Gasteiger partial charge in [-0.15, -0.1) is 0 Å². The number of fused-ring (bicyclic) bond motifs is 1. The maximum Gasteiger partial charge on any atom is 0.261 e. The van der Waals surface area contributed by atoms with Gasteiger partial charge in [0.1, 0.15) is 5.65 Å². The van der Waals surface area contributed by atoms with Crippen molar-refractivity contribution >= 4 is 5.65 Å². The fourth-order valence-corrected chi connectivity index (χ4v) is 2.02. The van der Waals surface area contributed by atoms with Crippen molar-refractivity contribution < 1.29 is 10.2 Å². The number of phenols is 2. The topological polar surface area (TPSA) is 94.8 Å². The van der Waals surface area contributed by atoms with Crippen LogP contribution in [0.5, 0.6) is 11.5 Å². The van der Waals surface area contributed by atoms with E-state index in [4.69, 9.17) is 0 Å². The van der Waals surface area contributed by atoms with Gasteiger partial charge in [-0.1, -0.05) is 6.07 Å². The molecule has 0 saturated heterocycles. The van der Waals surface area contributed by atoms with Crippen molar-refractivity contribution in [3.63, 3.8) is 0 Å². The van der Waals surface area contributed by atoms with E-state index < -0.39 is 11.1 Å². The molecular formula is C14H10N2O4. The van der Waals surface area contributed by atoms with Gasteiger partial charge in [-0.25, -0.2) is 4.40 Å². The second kappa shape index (κ2) is 4.27. The molecule has 0 aliphatic carbocycles. The van der Waals surface area contributed by atoms with E-state index in [0.717, 1.165) is 4.40 Å². The minimum absolute atomic E-state index is 0.242. The summed E-state index contributed by atoms with van der Waals surface area (Å²) in [7, 11) is 0. The van der Waals surface area contributed by atoms with Crippen LogP contribution in [0.2, 0.25) is 0 Å². The summed E-state index contributed by atoms with van der Waals surface area (Å²) in [5, 5.41) is 18.8. The number of nitrogens with one attached hydrogen (secondary N) is 1. The van der Waals surface area contributed by atoms with E-state index in [0.29, 0.717) is 16.9 Å². The molecule has 2 heterocycles. The maximum absolute atomic E-state index is 12.0. The molecule has 0 radical (unpaired) electrons. The molecular weight excluding hydrogens is 260 g/mol. The Balaban J connectivity index is 2.30. The summed E-state index contributed by atoms with van der Waals surface area (Å²) in [4.78, 5) is 26.5. The van der Waals surface area contributed by atoms with Gasteiger partial charge in [0, 0.05) is 17.7 Å². The molecule has 100 valence electrons. The van der Waals surface area contributed by atoms with Crippen molar-refractivity contribution in [2.45, 2.75) is 0 Å². The van der Waals surface area contributed by atoms with Crippen LogP contribution >= 0.6 is 0 Å². The fraction of sp³-hybridized carbons (Fsp3) is 0. The van der Waals surface area contributed by atoms with Gasteiger partial charge in [-0.2, -0.15) is 0 Å². The fourth-order valence-electron chi connectivity index (χ4n) is 2.02. The number of hydrogen-bond acceptors (Lipinski definition) is 4. The zero-order valence-electron chi connectivity index (χ0n) is 10.2. The van der Waals surface area contributed by atoms with Crippen LogP contribution < -0.4 is 11.1 Å². The lowest BCUT2D eigenvalue weighted by atomic mass is 10.1. The number of pyridine rings is 1. The van der Waals surface area contributed by atoms with Crippen LogP contribution in [0.15, 0.2) is 52.1 Å². The summed E-state index contributed by atoms with van der Waals surface area (Å²) < 4.78 is 1.02. The number of aromatic amines is 1. The molecule has 1 aromatic carbocycles. The summed E-state index contributed by atoms with van der Waals surface area (Å²) in [5.74, 6) is -0.526. The molecule has 20 heavy (non-hydrogen) atoms. The first-order valence-electron chi connectivity index (χ1n) is 5.84. The van der Waals surface area contributed by atoms with Crippen LogP contribution in [-0.4, -0.2) is 19.6 Å². The first-order chi connectivity index (χ1) is 9.56. The largest absolute Gasteiger partial charge is 0.504 e. The quantitative estimate of drug-likeness (QED) is 0.576. The van der Waals surface area contributed by atoms with Crippen LogP contribution in [-0.2, 0) is 0 Å². The normalized spacial score (nSPS) is 10.8. The van der Waals surface area contributed by atoms with Crippen molar-refractivity contribution in [1.29, 1.82) is 0 Å². The molecule has 3 N–H and O–H groups in total. The molecule has 3 rings (SSSR count). The second-order valence-corrected chi connectivity index (χ2v) is 4.31. The Morgan fingerprint density at radius 2 is 1.70 bits per heavy atom. The number of H-pyrrole nitrogens is 1. The highest BCUT2D eigenvalue weighted by atomic mass is 16.3. The predicted molar refractivity (Wildman–Crippen MR) is 73.1 cm³/mol. The number of benzene rings is 1. The number of nitrogens with zero attached hydrogens (tertiary/aromatic N) is 1. The lowest BCUT2D eigenvalue weighted by Crippen LogP contribution is -2.26. The van der Waals surface area contributed by atoms with Gasteiger partial charge < -0.3 is 15.2 Å². The van der Waals surface area contributed by atoms with Crippen molar-refractivity contribution in [1.82, 2.24) is 9.38 Å². The standard InChI is InChI=1S/C14H10N2O4/c17-10-5-4-8(6-11(10)18)9-7-14(20)16-12(15-9)2-1-3-13(16)19/h1-7,15,17-18H. The molecule has 0 aliphatic heterocycles. The lowest BCUT2D eigenvalue weighted by molar-refractivity contribution is 0.404. The Hall–Kier alpha value is -3.02. The van der Waals surface area contributed by atoms with Gasteiger partial charge in [0.2, 0.25) is 0 Å². The zero-order chi connectivity index (χ0) is 14.3. The molecule has 0 aliphatic rings. The molecule has 3 aromatic rings. The molecule has 6 heteroatoms. The lowest BCUT2D eigenvalue weighted by Gasteiger charge is -2.06. The average Bonchev–Trinajstić information content (AvgIpc) is 2.41. The molecule has 2 aromatic heterocycles. The Kier molecular flexibility index (Phi) is 2.57. The minimum atomic E-state index is -0.466. The number of rotatable bonds is 1. The molecule has 0 amide bonds. The third-order valence-electron chi connectivity index (χ3n) is 2.99. The van der Waals surface area contributed by atoms with Gasteiger partial charge in [-0.05, 0) is 24.3 Å². The summed E-state index contributed by atoms with van der Waals surface area (Å²) in [5.41, 5.74) is 0.440. The van der Waals surface area contributed by atoms with Gasteiger partial charge in [-0.3, -0.25) is 9.59 Å². The van der Waals surface area contributed by atoms with E-state index in [1.165, 1.54) is 24.3 Å². The summed E-state index contributed by atoms with van der Waals surface area (Å²) in [6.45, 7) is 0. The van der Waals surface area contributed by atoms with Gasteiger partial charge in [0.15, 0.2) is 11.5 Å². The Morgan fingerprint density at radius 3 is 2.45 bits per heavy atom. The number of aromatic hydroxyl groups is 2. The van der Waals surface area contributed by atoms with E-state index in [2.05, 4.69) is 4.98 Å². The Morgan fingerprint density at radius 1 is 0.900 bits per heavy atom. The average molecular weight is 270 g/mol. The van der Waals surface area contributed by atoms with E-state index in [9.17, 15) is 19.8 Å². The van der Waals surface area contributed by atoms with Crippen LogP contribution in [0.4, 0.5) is 0 Å². The van der Waals surface area contributed by atoms with Crippen LogP contribution in [0.1, 0.15) is 0 Å². The number of hydrogen-bond donors (Lipinski definition) is 3. The van der Waals surface area contributed by atoms with Crippen LogP contribution in [0.3, 0.4) is 0 Å². The van der Waals surface area contributed by atoms with E-state index >= 15 is 0 Å². The molecule has 0 bridgehead atoms. The van der Waals surface area contributed by atoms with Crippen LogP contribution in [0, 0.1) is 0 Å². The third kappa shape index (κ3) is 1.83. The molecule has 0 saturated carbocycles. The summed E-state index contributed by atoms with van der Waals surface area (Å²) >= 11 is 0. The van der Waals surface area contributed by atoms with Crippen molar-refractivity contribution in [3.8, 4) is 22.8 Å². The van der Waals surface area contributed by atoms with Gasteiger partial charge in [0.25, 0.3) is 11.1 Å². The first kappa shape index (κ1) is 12.0. The molecule has 0 spiro atoms. The van der Waals surface area contributed by atoms with Crippen molar-refractivity contribution in [2.75, 3.05) is 0 Å². The number of aromatic nitrogens is 2. The Bertz CT molecular complexity index is 924. The highest BCUT2D eigenvalue weighted by molar-refractivity contribution is 5.65. The highest BCUT2D eigenvalue weighted by Crippen LogP contribution is 2.29.